The van der Waals surface area contributed by atoms with Crippen LogP contribution in [-0.4, -0.2) is 37.8 Å². The quantitative estimate of drug-likeness (QED) is 0.502. The molecule has 1 saturated heterocycles. The molecule has 3 heterocycles. The zero-order valence-corrected chi connectivity index (χ0v) is 17.6. The highest BCUT2D eigenvalue weighted by Gasteiger charge is 2.25. The summed E-state index contributed by atoms with van der Waals surface area (Å²) < 4.78 is 1.92. The second-order valence-corrected chi connectivity index (χ2v) is 8.23. The zero-order valence-electron chi connectivity index (χ0n) is 17.6. The largest absolute Gasteiger partial charge is 0.299 e. The van der Waals surface area contributed by atoms with Crippen LogP contribution in [0.25, 0.3) is 16.9 Å². The molecule has 2 aromatic heterocycles. The summed E-state index contributed by atoms with van der Waals surface area (Å²) in [5.74, 6) is 1.28. The standard InChI is InChI=1S/C25H24N6/c1-18-6-8-19(9-7-18)23-10-11-24-27-28-25(31(24)29-23)20-12-14-30(15-13-20)17-22-5-3-2-4-21(22)16-26/h2-11,20H,12-15,17H2,1H3. The number of nitrogens with zero attached hydrogens (tertiary/aromatic N) is 6. The number of nitriles is 1. The maximum atomic E-state index is 9.34. The van der Waals surface area contributed by atoms with Crippen molar-refractivity contribution < 1.29 is 0 Å². The first-order valence-electron chi connectivity index (χ1n) is 10.7. The van der Waals surface area contributed by atoms with E-state index in [1.165, 1.54) is 5.56 Å². The van der Waals surface area contributed by atoms with E-state index in [-0.39, 0.29) is 0 Å². The lowest BCUT2D eigenvalue weighted by Gasteiger charge is -2.31. The Bertz CT molecular complexity index is 1240. The highest BCUT2D eigenvalue weighted by atomic mass is 15.4. The average molecular weight is 409 g/mol. The SMILES string of the molecule is Cc1ccc(-c2ccc3nnc(C4CCN(Cc5ccccc5C#N)CC4)n3n2)cc1. The monoisotopic (exact) mass is 408 g/mol. The first-order valence-corrected chi connectivity index (χ1v) is 10.7. The van der Waals surface area contributed by atoms with E-state index in [0.29, 0.717) is 5.92 Å². The van der Waals surface area contributed by atoms with Crippen molar-refractivity contribution in [3.8, 4) is 17.3 Å². The summed E-state index contributed by atoms with van der Waals surface area (Å²) in [4.78, 5) is 2.42. The lowest BCUT2D eigenvalue weighted by molar-refractivity contribution is 0.200. The summed E-state index contributed by atoms with van der Waals surface area (Å²) in [7, 11) is 0. The molecule has 0 N–H and O–H groups in total. The van der Waals surface area contributed by atoms with Crippen LogP contribution in [0.2, 0.25) is 0 Å². The van der Waals surface area contributed by atoms with Crippen LogP contribution in [0.15, 0.2) is 60.7 Å². The maximum Gasteiger partial charge on any atom is 0.177 e. The molecule has 0 amide bonds. The normalized spacial score (nSPS) is 15.2. The summed E-state index contributed by atoms with van der Waals surface area (Å²) in [6, 6.07) is 22.6. The fraction of sp³-hybridized carbons (Fsp3) is 0.280. The van der Waals surface area contributed by atoms with Gasteiger partial charge in [-0.1, -0.05) is 48.0 Å². The molecular formula is C25H24N6. The Morgan fingerprint density at radius 3 is 2.52 bits per heavy atom. The lowest BCUT2D eigenvalue weighted by atomic mass is 9.95. The fourth-order valence-electron chi connectivity index (χ4n) is 4.30. The lowest BCUT2D eigenvalue weighted by Crippen LogP contribution is -2.33. The molecule has 0 spiro atoms. The van der Waals surface area contributed by atoms with Gasteiger partial charge in [-0.15, -0.1) is 10.2 Å². The van der Waals surface area contributed by atoms with Gasteiger partial charge in [0.05, 0.1) is 17.3 Å². The van der Waals surface area contributed by atoms with Gasteiger partial charge in [-0.3, -0.25) is 4.90 Å². The Balaban J connectivity index is 1.33. The van der Waals surface area contributed by atoms with Crippen molar-refractivity contribution in [2.24, 2.45) is 0 Å². The summed E-state index contributed by atoms with van der Waals surface area (Å²) in [6.45, 7) is 4.84. The van der Waals surface area contributed by atoms with Crippen LogP contribution in [0.5, 0.6) is 0 Å². The smallest absolute Gasteiger partial charge is 0.177 e. The summed E-state index contributed by atoms with van der Waals surface area (Å²) in [5.41, 5.74) is 5.91. The van der Waals surface area contributed by atoms with Crippen molar-refractivity contribution in [1.82, 2.24) is 24.7 Å². The van der Waals surface area contributed by atoms with E-state index in [2.05, 4.69) is 52.4 Å². The average Bonchev–Trinajstić information content (AvgIpc) is 3.24. The van der Waals surface area contributed by atoms with Crippen molar-refractivity contribution in [2.75, 3.05) is 13.1 Å². The highest BCUT2D eigenvalue weighted by molar-refractivity contribution is 5.60. The van der Waals surface area contributed by atoms with Gasteiger partial charge in [-0.05, 0) is 56.6 Å². The predicted molar refractivity (Wildman–Crippen MR) is 119 cm³/mol. The third-order valence-corrected chi connectivity index (χ3v) is 6.12. The number of hydrogen-bond acceptors (Lipinski definition) is 5. The third-order valence-electron chi connectivity index (χ3n) is 6.12. The molecule has 0 radical (unpaired) electrons. The van der Waals surface area contributed by atoms with Gasteiger partial charge in [0.1, 0.15) is 0 Å². The van der Waals surface area contributed by atoms with Gasteiger partial charge in [0.25, 0.3) is 0 Å². The van der Waals surface area contributed by atoms with Crippen molar-refractivity contribution >= 4 is 5.65 Å². The number of hydrogen-bond donors (Lipinski definition) is 0. The molecule has 0 atom stereocenters. The number of aryl methyl sites for hydroxylation is 1. The van der Waals surface area contributed by atoms with Gasteiger partial charge in [-0.25, -0.2) is 0 Å². The van der Waals surface area contributed by atoms with Crippen LogP contribution in [0.3, 0.4) is 0 Å². The number of aromatic nitrogens is 4. The Labute approximate surface area is 181 Å². The zero-order chi connectivity index (χ0) is 21.2. The predicted octanol–water partition coefficient (Wildman–Crippen LogP) is 4.35. The number of likely N-dealkylation sites (tertiary alicyclic amines) is 1. The molecule has 0 unspecified atom stereocenters. The Hall–Kier alpha value is -3.56. The molecule has 2 aromatic carbocycles. The molecule has 5 rings (SSSR count). The van der Waals surface area contributed by atoms with Gasteiger partial charge in [0, 0.05) is 18.0 Å². The van der Waals surface area contributed by atoms with Crippen molar-refractivity contribution in [3.63, 3.8) is 0 Å². The van der Waals surface area contributed by atoms with Crippen molar-refractivity contribution in [3.05, 3.63) is 83.2 Å². The second-order valence-electron chi connectivity index (χ2n) is 8.23. The maximum absolute atomic E-state index is 9.34. The van der Waals surface area contributed by atoms with Crippen molar-refractivity contribution in [2.45, 2.75) is 32.2 Å². The van der Waals surface area contributed by atoms with E-state index in [0.717, 1.165) is 66.3 Å². The molecule has 4 aromatic rings. The van der Waals surface area contributed by atoms with E-state index in [1.807, 2.05) is 40.9 Å². The Morgan fingerprint density at radius 2 is 1.74 bits per heavy atom. The van der Waals surface area contributed by atoms with Gasteiger partial charge >= 0.3 is 0 Å². The molecule has 6 heteroatoms. The van der Waals surface area contributed by atoms with Crippen LogP contribution >= 0.6 is 0 Å². The number of fused-ring (bicyclic) bond motifs is 1. The van der Waals surface area contributed by atoms with Crippen molar-refractivity contribution in [1.29, 1.82) is 5.26 Å². The number of benzene rings is 2. The Kier molecular flexibility index (Phi) is 5.19. The van der Waals surface area contributed by atoms with E-state index >= 15 is 0 Å². The molecule has 31 heavy (non-hydrogen) atoms. The fourth-order valence-corrected chi connectivity index (χ4v) is 4.30. The van der Waals surface area contributed by atoms with E-state index in [1.54, 1.807) is 0 Å². The summed E-state index contributed by atoms with van der Waals surface area (Å²) in [5, 5.41) is 23.0. The van der Waals surface area contributed by atoms with Crippen LogP contribution in [0.1, 0.15) is 41.3 Å². The van der Waals surface area contributed by atoms with Gasteiger partial charge in [0.15, 0.2) is 11.5 Å². The minimum absolute atomic E-state index is 0.332. The molecule has 1 aliphatic rings. The summed E-state index contributed by atoms with van der Waals surface area (Å²) >= 11 is 0. The van der Waals surface area contributed by atoms with Crippen LogP contribution in [-0.2, 0) is 6.54 Å². The third kappa shape index (κ3) is 3.92. The minimum Gasteiger partial charge on any atom is -0.299 e. The summed E-state index contributed by atoms with van der Waals surface area (Å²) in [6.07, 6.45) is 2.01. The molecule has 6 nitrogen and oxygen atoms in total. The van der Waals surface area contributed by atoms with E-state index < -0.39 is 0 Å². The second kappa shape index (κ2) is 8.29. The van der Waals surface area contributed by atoms with Crippen LogP contribution < -0.4 is 0 Å². The Morgan fingerprint density at radius 1 is 0.968 bits per heavy atom. The topological polar surface area (TPSA) is 70.1 Å². The highest BCUT2D eigenvalue weighted by Crippen LogP contribution is 2.28. The van der Waals surface area contributed by atoms with E-state index in [9.17, 15) is 5.26 Å². The van der Waals surface area contributed by atoms with Crippen LogP contribution in [0, 0.1) is 18.3 Å². The van der Waals surface area contributed by atoms with Gasteiger partial charge < -0.3 is 0 Å². The van der Waals surface area contributed by atoms with Gasteiger partial charge in [0.2, 0.25) is 0 Å². The molecule has 1 fully saturated rings. The first-order chi connectivity index (χ1) is 15.2. The molecule has 1 aliphatic heterocycles. The van der Waals surface area contributed by atoms with Gasteiger partial charge in [-0.2, -0.15) is 14.9 Å². The molecule has 0 saturated carbocycles. The van der Waals surface area contributed by atoms with E-state index in [4.69, 9.17) is 5.10 Å². The molecular weight excluding hydrogens is 384 g/mol. The minimum atomic E-state index is 0.332. The number of rotatable bonds is 4. The first kappa shape index (κ1) is 19.4. The molecule has 154 valence electrons. The number of piperidine rings is 1. The molecule has 0 bridgehead atoms. The molecule has 0 aliphatic carbocycles. The van der Waals surface area contributed by atoms with Crippen LogP contribution in [0.4, 0.5) is 0 Å².